The molecule has 0 aliphatic carbocycles. The number of carboxylic acids is 1. The predicted molar refractivity (Wildman–Crippen MR) is 174 cm³/mol. The zero-order valence-electron chi connectivity index (χ0n) is 26.8. The van der Waals surface area contributed by atoms with E-state index < -0.39 is 11.9 Å². The number of anilines is 1. The van der Waals surface area contributed by atoms with Crippen molar-refractivity contribution in [3.63, 3.8) is 0 Å². The van der Waals surface area contributed by atoms with Gasteiger partial charge in [-0.25, -0.2) is 4.79 Å². The highest BCUT2D eigenvalue weighted by molar-refractivity contribution is 5.92. The van der Waals surface area contributed by atoms with E-state index >= 15 is 0 Å². The summed E-state index contributed by atoms with van der Waals surface area (Å²) in [5.74, 6) is 0.0883. The van der Waals surface area contributed by atoms with Crippen molar-refractivity contribution in [1.82, 2.24) is 0 Å². The molecule has 0 radical (unpaired) electrons. The summed E-state index contributed by atoms with van der Waals surface area (Å²) in [4.78, 5) is 36.9. The van der Waals surface area contributed by atoms with Gasteiger partial charge in [0, 0.05) is 17.7 Å². The molecule has 45 heavy (non-hydrogen) atoms. The van der Waals surface area contributed by atoms with Crippen molar-refractivity contribution < 1.29 is 33.7 Å². The van der Waals surface area contributed by atoms with E-state index in [2.05, 4.69) is 45.1 Å². The van der Waals surface area contributed by atoms with Gasteiger partial charge in [-0.15, -0.1) is 0 Å². The SMILES string of the molecule is CCCCCC(CC(=O)Nc1cc(CCCOC(=O)c2ccc(CC(=O)O)cc2)ccc1C(C)(C)C)c1cccc2c1OCO2. The Balaban J connectivity index is 1.39. The number of fused-ring (bicyclic) bond motifs is 1. The minimum Gasteiger partial charge on any atom is -0.481 e. The minimum atomic E-state index is -0.920. The van der Waals surface area contributed by atoms with Gasteiger partial charge >= 0.3 is 11.9 Å². The number of carbonyl (C=O) groups is 3. The summed E-state index contributed by atoms with van der Waals surface area (Å²) in [5, 5.41) is 12.1. The number of hydrogen-bond acceptors (Lipinski definition) is 6. The first-order valence-corrected chi connectivity index (χ1v) is 15.8. The summed E-state index contributed by atoms with van der Waals surface area (Å²) in [5.41, 5.74) is 4.75. The Morgan fingerprint density at radius 3 is 2.42 bits per heavy atom. The monoisotopic (exact) mass is 615 g/mol. The summed E-state index contributed by atoms with van der Waals surface area (Å²) < 4.78 is 16.9. The van der Waals surface area contributed by atoms with E-state index in [1.165, 1.54) is 0 Å². The lowest BCUT2D eigenvalue weighted by atomic mass is 9.84. The molecule has 0 aromatic heterocycles. The molecule has 240 valence electrons. The molecule has 0 saturated carbocycles. The zero-order valence-corrected chi connectivity index (χ0v) is 26.8. The number of hydrogen-bond donors (Lipinski definition) is 2. The molecule has 1 aliphatic rings. The number of rotatable bonds is 15. The normalized spacial score (nSPS) is 12.9. The Bertz CT molecular complexity index is 1470. The molecular formula is C37H45NO7. The highest BCUT2D eigenvalue weighted by Gasteiger charge is 2.26. The number of carbonyl (C=O) groups excluding carboxylic acids is 2. The topological polar surface area (TPSA) is 111 Å². The molecule has 8 nitrogen and oxygen atoms in total. The van der Waals surface area contributed by atoms with Crippen molar-refractivity contribution in [2.24, 2.45) is 0 Å². The van der Waals surface area contributed by atoms with Crippen LogP contribution in [0.4, 0.5) is 5.69 Å². The molecular weight excluding hydrogens is 570 g/mol. The fourth-order valence-corrected chi connectivity index (χ4v) is 5.67. The Morgan fingerprint density at radius 2 is 1.71 bits per heavy atom. The third kappa shape index (κ3) is 9.58. The molecule has 1 unspecified atom stereocenters. The van der Waals surface area contributed by atoms with Gasteiger partial charge in [0.05, 0.1) is 18.6 Å². The summed E-state index contributed by atoms with van der Waals surface area (Å²) in [7, 11) is 0. The molecule has 3 aromatic carbocycles. The molecule has 0 bridgehead atoms. The number of benzene rings is 3. The van der Waals surface area contributed by atoms with Crippen molar-refractivity contribution in [3.05, 3.63) is 88.5 Å². The van der Waals surface area contributed by atoms with Gasteiger partial charge in [-0.1, -0.05) is 83.4 Å². The number of amides is 1. The van der Waals surface area contributed by atoms with E-state index in [1.807, 2.05) is 24.3 Å². The second kappa shape index (κ2) is 15.6. The van der Waals surface area contributed by atoms with E-state index in [9.17, 15) is 14.4 Å². The van der Waals surface area contributed by atoms with Crippen LogP contribution in [0.2, 0.25) is 0 Å². The maximum Gasteiger partial charge on any atom is 0.338 e. The van der Waals surface area contributed by atoms with E-state index in [-0.39, 0.29) is 37.1 Å². The fourth-order valence-electron chi connectivity index (χ4n) is 5.67. The summed E-state index contributed by atoms with van der Waals surface area (Å²) in [6, 6.07) is 18.5. The van der Waals surface area contributed by atoms with Crippen molar-refractivity contribution in [1.29, 1.82) is 0 Å². The molecule has 8 heteroatoms. The number of carboxylic acid groups (broad SMARTS) is 1. The van der Waals surface area contributed by atoms with Gasteiger partial charge in [0.15, 0.2) is 11.5 Å². The van der Waals surface area contributed by atoms with Crippen LogP contribution >= 0.6 is 0 Å². The predicted octanol–water partition coefficient (Wildman–Crippen LogP) is 7.82. The lowest BCUT2D eigenvalue weighted by Gasteiger charge is -2.25. The van der Waals surface area contributed by atoms with Crippen molar-refractivity contribution in [2.45, 2.75) is 90.4 Å². The molecule has 1 aliphatic heterocycles. The van der Waals surface area contributed by atoms with Crippen molar-refractivity contribution in [2.75, 3.05) is 18.7 Å². The molecule has 0 spiro atoms. The highest BCUT2D eigenvalue weighted by atomic mass is 16.7. The van der Waals surface area contributed by atoms with Gasteiger partial charge in [-0.05, 0) is 71.6 Å². The standard InChI is InChI=1S/C37H45NO7/c1-5-6-7-11-28(29-12-8-13-32-35(29)45-24-44-32)23-33(39)38-31-21-25(16-19-30(31)37(2,3)4)10-9-20-43-36(42)27-17-14-26(15-18-27)22-34(40)41/h8,12-19,21,28H,5-7,9-11,20,22-24H2,1-4H3,(H,38,39)(H,40,41). The fraction of sp³-hybridized carbons (Fsp3) is 0.432. The van der Waals surface area contributed by atoms with Gasteiger partial charge in [0.25, 0.3) is 0 Å². The van der Waals surface area contributed by atoms with Crippen LogP contribution in [0.15, 0.2) is 60.7 Å². The summed E-state index contributed by atoms with van der Waals surface area (Å²) in [6.45, 7) is 9.00. The van der Waals surface area contributed by atoms with E-state index in [4.69, 9.17) is 19.3 Å². The Labute approximate surface area is 266 Å². The van der Waals surface area contributed by atoms with Crippen LogP contribution in [-0.4, -0.2) is 36.4 Å². The molecule has 0 saturated heterocycles. The maximum atomic E-state index is 13.6. The van der Waals surface area contributed by atoms with Crippen LogP contribution in [0.5, 0.6) is 11.5 Å². The number of ether oxygens (including phenoxy) is 3. The summed E-state index contributed by atoms with van der Waals surface area (Å²) in [6.07, 6.45) is 5.66. The Morgan fingerprint density at radius 1 is 0.956 bits per heavy atom. The van der Waals surface area contributed by atoms with Crippen LogP contribution in [0.25, 0.3) is 0 Å². The third-order valence-electron chi connectivity index (χ3n) is 8.01. The van der Waals surface area contributed by atoms with Gasteiger partial charge in [-0.3, -0.25) is 9.59 Å². The zero-order chi connectivity index (χ0) is 32.4. The Hall–Kier alpha value is -4.33. The molecule has 2 N–H and O–H groups in total. The number of nitrogens with one attached hydrogen (secondary N) is 1. The molecule has 1 atom stereocenters. The van der Waals surface area contributed by atoms with Crippen LogP contribution in [-0.2, 0) is 32.6 Å². The second-order valence-electron chi connectivity index (χ2n) is 12.7. The number of aryl methyl sites for hydroxylation is 1. The maximum absolute atomic E-state index is 13.6. The number of aliphatic carboxylic acids is 1. The third-order valence-corrected chi connectivity index (χ3v) is 8.01. The van der Waals surface area contributed by atoms with Crippen LogP contribution in [0.3, 0.4) is 0 Å². The smallest absolute Gasteiger partial charge is 0.338 e. The first-order chi connectivity index (χ1) is 21.5. The van der Waals surface area contributed by atoms with Crippen LogP contribution < -0.4 is 14.8 Å². The molecule has 4 rings (SSSR count). The van der Waals surface area contributed by atoms with Gasteiger partial charge in [0.1, 0.15) is 0 Å². The second-order valence-corrected chi connectivity index (χ2v) is 12.7. The average molecular weight is 616 g/mol. The van der Waals surface area contributed by atoms with Crippen molar-refractivity contribution in [3.8, 4) is 11.5 Å². The van der Waals surface area contributed by atoms with E-state index in [1.54, 1.807) is 24.3 Å². The lowest BCUT2D eigenvalue weighted by molar-refractivity contribution is -0.136. The number of esters is 1. The van der Waals surface area contributed by atoms with Gasteiger partial charge < -0.3 is 24.6 Å². The number of unbranched alkanes of at least 4 members (excludes halogenated alkanes) is 2. The van der Waals surface area contributed by atoms with Crippen molar-refractivity contribution >= 4 is 23.5 Å². The summed E-state index contributed by atoms with van der Waals surface area (Å²) >= 11 is 0. The van der Waals surface area contributed by atoms with Crippen LogP contribution in [0.1, 0.15) is 105 Å². The molecule has 0 fully saturated rings. The highest BCUT2D eigenvalue weighted by Crippen LogP contribution is 2.42. The average Bonchev–Trinajstić information content (AvgIpc) is 3.48. The molecule has 1 heterocycles. The Kier molecular flexibility index (Phi) is 11.6. The number of para-hydroxylation sites is 1. The van der Waals surface area contributed by atoms with Gasteiger partial charge in [-0.2, -0.15) is 0 Å². The minimum absolute atomic E-state index is 0.0116. The van der Waals surface area contributed by atoms with E-state index in [0.29, 0.717) is 30.4 Å². The quantitative estimate of drug-likeness (QED) is 0.132. The molecule has 1 amide bonds. The first-order valence-electron chi connectivity index (χ1n) is 15.8. The first kappa shape index (κ1) is 33.6. The molecule has 3 aromatic rings. The van der Waals surface area contributed by atoms with Crippen LogP contribution in [0, 0.1) is 0 Å². The van der Waals surface area contributed by atoms with E-state index in [0.717, 1.165) is 59.6 Å². The largest absolute Gasteiger partial charge is 0.481 e. The lowest BCUT2D eigenvalue weighted by Crippen LogP contribution is -2.21. The van der Waals surface area contributed by atoms with Gasteiger partial charge in [0.2, 0.25) is 12.7 Å².